The van der Waals surface area contributed by atoms with Crippen molar-refractivity contribution < 1.29 is 9.53 Å². The Kier molecular flexibility index (Phi) is 5.67. The molecule has 1 aromatic heterocycles. The number of rotatable bonds is 6. The van der Waals surface area contributed by atoms with E-state index in [4.69, 9.17) is 4.74 Å². The zero-order valence-electron chi connectivity index (χ0n) is 14.1. The minimum Gasteiger partial charge on any atom is -0.379 e. The molecule has 2 aliphatic rings. The van der Waals surface area contributed by atoms with Crippen molar-refractivity contribution in [3.8, 4) is 0 Å². The van der Waals surface area contributed by atoms with E-state index >= 15 is 0 Å². The summed E-state index contributed by atoms with van der Waals surface area (Å²) in [5, 5.41) is 0. The number of hydrogen-bond donors (Lipinski definition) is 0. The van der Waals surface area contributed by atoms with E-state index in [1.165, 1.54) is 0 Å². The molecule has 0 unspecified atom stereocenters. The molecule has 0 bridgehead atoms. The summed E-state index contributed by atoms with van der Waals surface area (Å²) in [7, 11) is 0. The van der Waals surface area contributed by atoms with Gasteiger partial charge in [0, 0.05) is 57.6 Å². The quantitative estimate of drug-likeness (QED) is 0.791. The van der Waals surface area contributed by atoms with Crippen LogP contribution in [-0.4, -0.2) is 70.7 Å². The van der Waals surface area contributed by atoms with E-state index in [0.29, 0.717) is 24.3 Å². The fourth-order valence-corrected chi connectivity index (χ4v) is 3.77. The average molecular weight is 320 g/mol. The highest BCUT2D eigenvalue weighted by atomic mass is 16.5. The number of morpholine rings is 1. The molecule has 0 spiro atoms. The Morgan fingerprint density at radius 2 is 2.13 bits per heavy atom. The molecule has 3 heterocycles. The first-order valence-corrected chi connectivity index (χ1v) is 8.83. The van der Waals surface area contributed by atoms with Gasteiger partial charge >= 0.3 is 0 Å². The molecular weight excluding hydrogens is 292 g/mol. The Morgan fingerprint density at radius 1 is 1.30 bits per heavy atom. The summed E-state index contributed by atoms with van der Waals surface area (Å²) in [6.07, 6.45) is 8.18. The number of carbonyl (C=O) groups is 1. The van der Waals surface area contributed by atoms with Crippen LogP contribution in [0.4, 0.5) is 0 Å². The molecular formula is C17H28N4O2. The second-order valence-corrected chi connectivity index (χ2v) is 6.59. The number of likely N-dealkylation sites (tertiary alicyclic amines) is 1. The number of nitrogens with zero attached hydrogens (tertiary/aromatic N) is 4. The summed E-state index contributed by atoms with van der Waals surface area (Å²) in [5.74, 6) is 0.907. The van der Waals surface area contributed by atoms with Gasteiger partial charge in [-0.15, -0.1) is 0 Å². The van der Waals surface area contributed by atoms with Gasteiger partial charge in [0.1, 0.15) is 0 Å². The Morgan fingerprint density at radius 3 is 2.83 bits per heavy atom. The van der Waals surface area contributed by atoms with E-state index in [1.54, 1.807) is 6.20 Å². The van der Waals surface area contributed by atoms with Gasteiger partial charge in [-0.25, -0.2) is 4.98 Å². The predicted molar refractivity (Wildman–Crippen MR) is 88.0 cm³/mol. The molecule has 0 radical (unpaired) electrons. The van der Waals surface area contributed by atoms with E-state index < -0.39 is 0 Å². The molecule has 6 nitrogen and oxygen atoms in total. The van der Waals surface area contributed by atoms with Gasteiger partial charge in [0.2, 0.25) is 5.91 Å². The van der Waals surface area contributed by atoms with Crippen LogP contribution in [0.3, 0.4) is 0 Å². The minimum atomic E-state index is 0.305. The van der Waals surface area contributed by atoms with E-state index in [2.05, 4.69) is 21.7 Å². The normalized spacial score (nSPS) is 25.9. The molecule has 0 aromatic carbocycles. The number of ether oxygens (including phenoxy) is 1. The van der Waals surface area contributed by atoms with Crippen LogP contribution >= 0.6 is 0 Å². The van der Waals surface area contributed by atoms with Gasteiger partial charge in [-0.3, -0.25) is 9.69 Å². The molecule has 3 rings (SSSR count). The second kappa shape index (κ2) is 7.93. The summed E-state index contributed by atoms with van der Waals surface area (Å²) in [6, 6.07) is 0.515. The fraction of sp³-hybridized carbons (Fsp3) is 0.765. The SMILES string of the molecule is CC[C@@H]1CN(C(=O)CCCn2ccnc2)C[C@H]1N1CCOCC1. The number of aryl methyl sites for hydroxylation is 1. The third-order valence-electron chi connectivity index (χ3n) is 5.16. The topological polar surface area (TPSA) is 50.6 Å². The van der Waals surface area contributed by atoms with Crippen LogP contribution in [0.25, 0.3) is 0 Å². The van der Waals surface area contributed by atoms with Gasteiger partial charge in [-0.1, -0.05) is 13.3 Å². The molecule has 2 atom stereocenters. The Hall–Kier alpha value is -1.40. The highest BCUT2D eigenvalue weighted by molar-refractivity contribution is 5.76. The van der Waals surface area contributed by atoms with Crippen molar-refractivity contribution in [3.05, 3.63) is 18.7 Å². The maximum atomic E-state index is 12.5. The molecule has 1 aromatic rings. The monoisotopic (exact) mass is 320 g/mol. The lowest BCUT2D eigenvalue weighted by atomic mass is 9.99. The Bertz CT molecular complexity index is 485. The summed E-state index contributed by atoms with van der Waals surface area (Å²) >= 11 is 0. The van der Waals surface area contributed by atoms with E-state index in [1.807, 2.05) is 17.1 Å². The van der Waals surface area contributed by atoms with Crippen molar-refractivity contribution >= 4 is 5.91 Å². The number of hydrogen-bond acceptors (Lipinski definition) is 4. The number of amides is 1. The van der Waals surface area contributed by atoms with Gasteiger partial charge in [-0.05, 0) is 12.3 Å². The van der Waals surface area contributed by atoms with Crippen LogP contribution in [0, 0.1) is 5.92 Å². The lowest BCUT2D eigenvalue weighted by Gasteiger charge is -2.34. The molecule has 0 aliphatic carbocycles. The van der Waals surface area contributed by atoms with Crippen LogP contribution in [0.5, 0.6) is 0 Å². The molecule has 2 fully saturated rings. The maximum Gasteiger partial charge on any atom is 0.222 e. The van der Waals surface area contributed by atoms with Crippen molar-refractivity contribution in [2.24, 2.45) is 5.92 Å². The molecule has 1 amide bonds. The van der Waals surface area contributed by atoms with Crippen LogP contribution in [0.15, 0.2) is 18.7 Å². The lowest BCUT2D eigenvalue weighted by molar-refractivity contribution is -0.130. The summed E-state index contributed by atoms with van der Waals surface area (Å²) in [6.45, 7) is 8.57. The zero-order valence-corrected chi connectivity index (χ0v) is 14.1. The van der Waals surface area contributed by atoms with Crippen molar-refractivity contribution in [1.82, 2.24) is 19.4 Å². The molecule has 0 N–H and O–H groups in total. The Balaban J connectivity index is 1.48. The Labute approximate surface area is 138 Å². The lowest BCUT2D eigenvalue weighted by Crippen LogP contribution is -2.47. The van der Waals surface area contributed by atoms with Gasteiger partial charge < -0.3 is 14.2 Å². The number of carbonyl (C=O) groups excluding carboxylic acids is 1. The van der Waals surface area contributed by atoms with Crippen molar-refractivity contribution in [2.75, 3.05) is 39.4 Å². The molecule has 2 saturated heterocycles. The predicted octanol–water partition coefficient (Wildman–Crippen LogP) is 1.23. The standard InChI is InChI=1S/C17H28N4O2/c1-2-15-12-21(13-16(15)20-8-10-23-11-9-20)17(22)4-3-6-19-7-5-18-14-19/h5,7,14-16H,2-4,6,8-13H2,1H3/t15-,16-/m1/s1. The van der Waals surface area contributed by atoms with E-state index in [9.17, 15) is 4.79 Å². The molecule has 23 heavy (non-hydrogen) atoms. The summed E-state index contributed by atoms with van der Waals surface area (Å²) in [4.78, 5) is 21.2. The largest absolute Gasteiger partial charge is 0.379 e. The molecule has 128 valence electrons. The van der Waals surface area contributed by atoms with Crippen molar-refractivity contribution in [3.63, 3.8) is 0 Å². The van der Waals surface area contributed by atoms with Gasteiger partial charge in [0.25, 0.3) is 0 Å². The van der Waals surface area contributed by atoms with Crippen molar-refractivity contribution in [1.29, 1.82) is 0 Å². The average Bonchev–Trinajstić information content (AvgIpc) is 3.25. The first kappa shape index (κ1) is 16.5. The zero-order chi connectivity index (χ0) is 16.1. The van der Waals surface area contributed by atoms with Crippen LogP contribution < -0.4 is 0 Å². The summed E-state index contributed by atoms with van der Waals surface area (Å²) in [5.41, 5.74) is 0. The summed E-state index contributed by atoms with van der Waals surface area (Å²) < 4.78 is 7.49. The smallest absolute Gasteiger partial charge is 0.222 e. The van der Waals surface area contributed by atoms with Gasteiger partial charge in [-0.2, -0.15) is 0 Å². The van der Waals surface area contributed by atoms with E-state index in [0.717, 1.165) is 58.8 Å². The molecule has 0 saturated carbocycles. The second-order valence-electron chi connectivity index (χ2n) is 6.59. The maximum absolute atomic E-state index is 12.5. The third kappa shape index (κ3) is 4.12. The van der Waals surface area contributed by atoms with Crippen LogP contribution in [0.2, 0.25) is 0 Å². The molecule has 2 aliphatic heterocycles. The number of imidazole rings is 1. The van der Waals surface area contributed by atoms with Gasteiger partial charge in [0.05, 0.1) is 19.5 Å². The third-order valence-corrected chi connectivity index (χ3v) is 5.16. The van der Waals surface area contributed by atoms with Crippen LogP contribution in [-0.2, 0) is 16.1 Å². The first-order chi connectivity index (χ1) is 11.3. The minimum absolute atomic E-state index is 0.305. The fourth-order valence-electron chi connectivity index (χ4n) is 3.77. The van der Waals surface area contributed by atoms with Crippen molar-refractivity contribution in [2.45, 2.75) is 38.8 Å². The highest BCUT2D eigenvalue weighted by Gasteiger charge is 2.37. The molecule has 6 heteroatoms. The van der Waals surface area contributed by atoms with Gasteiger partial charge in [0.15, 0.2) is 0 Å². The highest BCUT2D eigenvalue weighted by Crippen LogP contribution is 2.26. The van der Waals surface area contributed by atoms with Crippen LogP contribution in [0.1, 0.15) is 26.2 Å². The number of aromatic nitrogens is 2. The first-order valence-electron chi connectivity index (χ1n) is 8.83. The van der Waals surface area contributed by atoms with E-state index in [-0.39, 0.29) is 0 Å².